The Morgan fingerprint density at radius 2 is 2.00 bits per heavy atom. The van der Waals surface area contributed by atoms with Gasteiger partial charge in [0.2, 0.25) is 0 Å². The van der Waals surface area contributed by atoms with Crippen LogP contribution in [-0.2, 0) is 13.1 Å². The normalized spacial score (nSPS) is 28.1. The van der Waals surface area contributed by atoms with E-state index in [-0.39, 0.29) is 6.10 Å². The molecule has 2 aliphatic rings. The summed E-state index contributed by atoms with van der Waals surface area (Å²) in [6.45, 7) is 6.19. The zero-order valence-corrected chi connectivity index (χ0v) is 13.7. The third-order valence-electron chi connectivity index (χ3n) is 5.30. The fourth-order valence-corrected chi connectivity index (χ4v) is 3.89. The van der Waals surface area contributed by atoms with Gasteiger partial charge in [-0.25, -0.2) is 0 Å². The molecule has 1 aliphatic carbocycles. The zero-order valence-electron chi connectivity index (χ0n) is 13.7. The van der Waals surface area contributed by atoms with Gasteiger partial charge in [0.1, 0.15) is 0 Å². The maximum absolute atomic E-state index is 10.2. The molecule has 1 saturated heterocycles. The summed E-state index contributed by atoms with van der Waals surface area (Å²) in [5, 5.41) is 18.2. The van der Waals surface area contributed by atoms with Gasteiger partial charge in [-0.2, -0.15) is 5.10 Å². The molecule has 124 valence electrons. The van der Waals surface area contributed by atoms with Gasteiger partial charge < -0.3 is 10.4 Å². The summed E-state index contributed by atoms with van der Waals surface area (Å²) in [6.07, 6.45) is 11.0. The lowest BCUT2D eigenvalue weighted by atomic mass is 9.89. The summed E-state index contributed by atoms with van der Waals surface area (Å²) >= 11 is 0. The van der Waals surface area contributed by atoms with Crippen molar-refractivity contribution >= 4 is 0 Å². The zero-order chi connectivity index (χ0) is 15.4. The summed E-state index contributed by atoms with van der Waals surface area (Å²) in [4.78, 5) is 2.52. The van der Waals surface area contributed by atoms with E-state index in [1.54, 1.807) is 0 Å². The number of likely N-dealkylation sites (tertiary alicyclic amines) is 1. The standard InChI is InChI=1S/C17H30N4O/c1-2-21-13-14(12-19-21)11-18-15-7-9-20(10-8-15)16-5-3-4-6-17(16)22/h12-13,15-18,22H,2-11H2,1H3. The molecule has 1 aromatic rings. The van der Waals surface area contributed by atoms with Gasteiger partial charge in [-0.15, -0.1) is 0 Å². The summed E-state index contributed by atoms with van der Waals surface area (Å²) in [7, 11) is 0. The fourth-order valence-electron chi connectivity index (χ4n) is 3.89. The average molecular weight is 306 g/mol. The Morgan fingerprint density at radius 1 is 1.23 bits per heavy atom. The van der Waals surface area contributed by atoms with Gasteiger partial charge in [0.25, 0.3) is 0 Å². The molecule has 2 unspecified atom stereocenters. The van der Waals surface area contributed by atoms with Crippen LogP contribution in [-0.4, -0.2) is 51.1 Å². The Hall–Kier alpha value is -0.910. The van der Waals surface area contributed by atoms with Crippen LogP contribution in [0.2, 0.25) is 0 Å². The Bertz CT molecular complexity index is 453. The molecule has 0 aromatic carbocycles. The van der Waals surface area contributed by atoms with Crippen molar-refractivity contribution in [2.75, 3.05) is 13.1 Å². The van der Waals surface area contributed by atoms with Crippen LogP contribution in [0.3, 0.4) is 0 Å². The number of nitrogens with zero attached hydrogens (tertiary/aromatic N) is 3. The molecular formula is C17H30N4O. The van der Waals surface area contributed by atoms with Gasteiger partial charge >= 0.3 is 0 Å². The van der Waals surface area contributed by atoms with Gasteiger partial charge in [0.05, 0.1) is 12.3 Å². The third kappa shape index (κ3) is 3.89. The van der Waals surface area contributed by atoms with Crippen molar-refractivity contribution in [3.63, 3.8) is 0 Å². The molecule has 3 rings (SSSR count). The van der Waals surface area contributed by atoms with Crippen LogP contribution in [0, 0.1) is 0 Å². The van der Waals surface area contributed by atoms with Crippen molar-refractivity contribution in [3.8, 4) is 0 Å². The van der Waals surface area contributed by atoms with Crippen molar-refractivity contribution in [1.29, 1.82) is 0 Å². The Morgan fingerprint density at radius 3 is 2.68 bits per heavy atom. The average Bonchev–Trinajstić information content (AvgIpc) is 3.02. The van der Waals surface area contributed by atoms with Crippen molar-refractivity contribution < 1.29 is 5.11 Å². The first kappa shape index (κ1) is 16.0. The van der Waals surface area contributed by atoms with Crippen LogP contribution in [0.1, 0.15) is 51.0 Å². The molecular weight excluding hydrogens is 276 g/mol. The topological polar surface area (TPSA) is 53.3 Å². The first-order valence-electron chi connectivity index (χ1n) is 8.93. The highest BCUT2D eigenvalue weighted by molar-refractivity contribution is 5.03. The minimum Gasteiger partial charge on any atom is -0.391 e. The number of aromatic nitrogens is 2. The first-order valence-corrected chi connectivity index (χ1v) is 8.93. The molecule has 1 aliphatic heterocycles. The monoisotopic (exact) mass is 306 g/mol. The van der Waals surface area contributed by atoms with E-state index in [2.05, 4.69) is 28.4 Å². The van der Waals surface area contributed by atoms with E-state index in [0.29, 0.717) is 12.1 Å². The molecule has 2 N–H and O–H groups in total. The number of hydrogen-bond donors (Lipinski definition) is 2. The Labute approximate surface area is 133 Å². The van der Waals surface area contributed by atoms with Gasteiger partial charge in [-0.05, 0) is 32.6 Å². The molecule has 0 amide bonds. The number of aryl methyl sites for hydroxylation is 1. The van der Waals surface area contributed by atoms with Gasteiger partial charge in [-0.3, -0.25) is 9.58 Å². The lowest BCUT2D eigenvalue weighted by molar-refractivity contribution is 0.00714. The Kier molecular flexibility index (Phi) is 5.50. The molecule has 5 heteroatoms. The first-order chi connectivity index (χ1) is 10.8. The lowest BCUT2D eigenvalue weighted by Gasteiger charge is -2.41. The smallest absolute Gasteiger partial charge is 0.0695 e. The van der Waals surface area contributed by atoms with E-state index in [1.807, 2.05) is 10.9 Å². The third-order valence-corrected chi connectivity index (χ3v) is 5.30. The van der Waals surface area contributed by atoms with E-state index in [0.717, 1.165) is 32.6 Å². The summed E-state index contributed by atoms with van der Waals surface area (Å²) in [5.74, 6) is 0. The second kappa shape index (κ2) is 7.57. The highest BCUT2D eigenvalue weighted by atomic mass is 16.3. The highest BCUT2D eigenvalue weighted by Crippen LogP contribution is 2.25. The predicted molar refractivity (Wildman–Crippen MR) is 87.6 cm³/mol. The predicted octanol–water partition coefficient (Wildman–Crippen LogP) is 1.76. The summed E-state index contributed by atoms with van der Waals surface area (Å²) in [6, 6.07) is 1.01. The minimum absolute atomic E-state index is 0.0989. The Balaban J connectivity index is 1.41. The molecule has 1 saturated carbocycles. The van der Waals surface area contributed by atoms with E-state index in [4.69, 9.17) is 0 Å². The van der Waals surface area contributed by atoms with Gasteiger partial charge in [-0.1, -0.05) is 12.8 Å². The second-order valence-electron chi connectivity index (χ2n) is 6.81. The van der Waals surface area contributed by atoms with E-state index >= 15 is 0 Å². The van der Waals surface area contributed by atoms with Crippen LogP contribution >= 0.6 is 0 Å². The van der Waals surface area contributed by atoms with Crippen molar-refractivity contribution in [3.05, 3.63) is 18.0 Å². The largest absolute Gasteiger partial charge is 0.391 e. The molecule has 2 fully saturated rings. The van der Waals surface area contributed by atoms with Crippen LogP contribution in [0.4, 0.5) is 0 Å². The summed E-state index contributed by atoms with van der Waals surface area (Å²) < 4.78 is 1.98. The fraction of sp³-hybridized carbons (Fsp3) is 0.824. The molecule has 0 spiro atoms. The molecule has 1 aromatic heterocycles. The number of nitrogens with one attached hydrogen (secondary N) is 1. The maximum atomic E-state index is 10.2. The molecule has 5 nitrogen and oxygen atoms in total. The maximum Gasteiger partial charge on any atom is 0.0695 e. The molecule has 0 bridgehead atoms. The van der Waals surface area contributed by atoms with Crippen LogP contribution in [0.25, 0.3) is 0 Å². The van der Waals surface area contributed by atoms with Gasteiger partial charge in [0, 0.05) is 50.0 Å². The van der Waals surface area contributed by atoms with Crippen molar-refractivity contribution in [2.24, 2.45) is 0 Å². The van der Waals surface area contributed by atoms with E-state index in [1.165, 1.54) is 37.7 Å². The lowest BCUT2D eigenvalue weighted by Crippen LogP contribution is -2.51. The molecule has 0 radical (unpaired) electrons. The highest BCUT2D eigenvalue weighted by Gasteiger charge is 2.31. The number of hydrogen-bond acceptors (Lipinski definition) is 4. The molecule has 2 heterocycles. The molecule has 22 heavy (non-hydrogen) atoms. The van der Waals surface area contributed by atoms with Gasteiger partial charge in [0.15, 0.2) is 0 Å². The SMILES string of the molecule is CCn1cc(CNC2CCN(C3CCCCC3O)CC2)cn1. The number of aliphatic hydroxyl groups excluding tert-OH is 1. The van der Waals surface area contributed by atoms with Crippen molar-refractivity contribution in [1.82, 2.24) is 20.0 Å². The van der Waals surface area contributed by atoms with Crippen LogP contribution in [0.5, 0.6) is 0 Å². The minimum atomic E-state index is -0.0989. The molecule has 2 atom stereocenters. The second-order valence-corrected chi connectivity index (χ2v) is 6.81. The van der Waals surface area contributed by atoms with Crippen molar-refractivity contribution in [2.45, 2.75) is 76.7 Å². The van der Waals surface area contributed by atoms with Crippen LogP contribution < -0.4 is 5.32 Å². The number of piperidine rings is 1. The van der Waals surface area contributed by atoms with Crippen LogP contribution in [0.15, 0.2) is 12.4 Å². The number of rotatable bonds is 5. The van der Waals surface area contributed by atoms with E-state index in [9.17, 15) is 5.11 Å². The number of aliphatic hydroxyl groups is 1. The van der Waals surface area contributed by atoms with E-state index < -0.39 is 0 Å². The summed E-state index contributed by atoms with van der Waals surface area (Å²) in [5.41, 5.74) is 1.27. The quantitative estimate of drug-likeness (QED) is 0.870.